The van der Waals surface area contributed by atoms with Gasteiger partial charge in [0.25, 0.3) is 0 Å². The van der Waals surface area contributed by atoms with Gasteiger partial charge in [-0.15, -0.1) is 0 Å². The Hall–Kier alpha value is -3.68. The van der Waals surface area contributed by atoms with Crippen LogP contribution in [0.2, 0.25) is 0 Å². The number of carbonyl (C=O) groups excluding carboxylic acids is 2. The Balaban J connectivity index is 1.73. The van der Waals surface area contributed by atoms with Crippen LogP contribution in [0.3, 0.4) is 0 Å². The highest BCUT2D eigenvalue weighted by atomic mass is 16.6. The van der Waals surface area contributed by atoms with Crippen LogP contribution in [-0.4, -0.2) is 40.9 Å². The molecule has 0 spiro atoms. The lowest BCUT2D eigenvalue weighted by molar-refractivity contribution is -0.134. The Labute approximate surface area is 198 Å². The van der Waals surface area contributed by atoms with Crippen molar-refractivity contribution in [2.45, 2.75) is 52.0 Å². The molecule has 2 heterocycles. The highest BCUT2D eigenvalue weighted by Crippen LogP contribution is 2.41. The smallest absolute Gasteiger partial charge is 0.344 e. The van der Waals surface area contributed by atoms with Crippen LogP contribution < -0.4 is 9.47 Å². The van der Waals surface area contributed by atoms with Gasteiger partial charge in [-0.1, -0.05) is 6.07 Å². The molecular formula is C26H29N3O5. The number of rotatable bonds is 6. The van der Waals surface area contributed by atoms with E-state index in [9.17, 15) is 9.59 Å². The zero-order valence-corrected chi connectivity index (χ0v) is 20.3. The van der Waals surface area contributed by atoms with E-state index in [2.05, 4.69) is 25.5 Å². The van der Waals surface area contributed by atoms with Gasteiger partial charge in [-0.3, -0.25) is 0 Å². The van der Waals surface area contributed by atoms with E-state index in [0.29, 0.717) is 33.8 Å². The Kier molecular flexibility index (Phi) is 6.17. The molecule has 4 rings (SSSR count). The summed E-state index contributed by atoms with van der Waals surface area (Å²) in [7, 11) is 2.81. The molecule has 0 unspecified atom stereocenters. The first kappa shape index (κ1) is 23.5. The number of benzene rings is 1. The van der Waals surface area contributed by atoms with Crippen molar-refractivity contribution in [2.75, 3.05) is 14.2 Å². The van der Waals surface area contributed by atoms with Crippen molar-refractivity contribution in [1.82, 2.24) is 14.8 Å². The summed E-state index contributed by atoms with van der Waals surface area (Å²) >= 11 is 0. The van der Waals surface area contributed by atoms with Gasteiger partial charge in [0.15, 0.2) is 17.1 Å². The Bertz CT molecular complexity index is 1300. The predicted octanol–water partition coefficient (Wildman–Crippen LogP) is 4.79. The van der Waals surface area contributed by atoms with E-state index in [1.54, 1.807) is 24.3 Å². The first-order valence-corrected chi connectivity index (χ1v) is 11.2. The molecule has 1 fully saturated rings. The summed E-state index contributed by atoms with van der Waals surface area (Å²) < 4.78 is 17.7. The van der Waals surface area contributed by atoms with Gasteiger partial charge in [0, 0.05) is 17.7 Å². The van der Waals surface area contributed by atoms with E-state index in [4.69, 9.17) is 19.6 Å². The quantitative estimate of drug-likeness (QED) is 0.295. The van der Waals surface area contributed by atoms with Crippen LogP contribution in [-0.2, 0) is 15.1 Å². The fourth-order valence-electron chi connectivity index (χ4n) is 3.78. The van der Waals surface area contributed by atoms with Gasteiger partial charge in [-0.25, -0.2) is 19.3 Å². The number of esters is 2. The fourth-order valence-corrected chi connectivity index (χ4v) is 3.78. The van der Waals surface area contributed by atoms with Crippen molar-refractivity contribution < 1.29 is 23.8 Å². The number of hydrogen-bond donors (Lipinski definition) is 0. The number of hydrogen-bond acceptors (Lipinski definition) is 7. The first-order valence-electron chi connectivity index (χ1n) is 11.2. The second-order valence-corrected chi connectivity index (χ2v) is 9.39. The zero-order chi connectivity index (χ0) is 24.6. The zero-order valence-electron chi connectivity index (χ0n) is 20.3. The molecule has 0 radical (unpaired) electrons. The number of fused-ring (bicyclic) bond motifs is 1. The topological polar surface area (TPSA) is 92.5 Å². The maximum Gasteiger partial charge on any atom is 0.344 e. The molecule has 0 N–H and O–H groups in total. The molecule has 1 aliphatic rings. The van der Waals surface area contributed by atoms with E-state index in [0.717, 1.165) is 24.2 Å². The third-order valence-corrected chi connectivity index (χ3v) is 5.69. The van der Waals surface area contributed by atoms with Crippen molar-refractivity contribution in [3.8, 4) is 11.5 Å². The van der Waals surface area contributed by atoms with Gasteiger partial charge in [0.05, 0.1) is 36.4 Å². The van der Waals surface area contributed by atoms with E-state index >= 15 is 0 Å². The summed E-state index contributed by atoms with van der Waals surface area (Å²) in [4.78, 5) is 29.7. The molecule has 34 heavy (non-hydrogen) atoms. The van der Waals surface area contributed by atoms with Crippen molar-refractivity contribution in [3.63, 3.8) is 0 Å². The highest BCUT2D eigenvalue weighted by molar-refractivity contribution is 6.05. The molecule has 8 heteroatoms. The molecule has 2 aromatic heterocycles. The van der Waals surface area contributed by atoms with E-state index < -0.39 is 11.9 Å². The fraction of sp³-hybridized carbons (Fsp3) is 0.385. The molecule has 1 saturated carbocycles. The predicted molar refractivity (Wildman–Crippen MR) is 128 cm³/mol. The first-order chi connectivity index (χ1) is 16.1. The number of methoxy groups -OCH3 is 2. The Morgan fingerprint density at radius 2 is 1.85 bits per heavy atom. The van der Waals surface area contributed by atoms with Crippen molar-refractivity contribution in [2.24, 2.45) is 0 Å². The number of nitrogens with zero attached hydrogens (tertiary/aromatic N) is 3. The molecule has 1 aromatic carbocycles. The van der Waals surface area contributed by atoms with E-state index in [1.165, 1.54) is 20.3 Å². The highest BCUT2D eigenvalue weighted by Gasteiger charge is 2.31. The van der Waals surface area contributed by atoms with Crippen LogP contribution >= 0.6 is 0 Å². The lowest BCUT2D eigenvalue weighted by atomic mass is 10.1. The van der Waals surface area contributed by atoms with Gasteiger partial charge in [-0.2, -0.15) is 5.10 Å². The molecule has 0 atom stereocenters. The van der Waals surface area contributed by atoms with Crippen LogP contribution in [0.25, 0.3) is 17.1 Å². The number of pyridine rings is 1. The molecule has 0 bridgehead atoms. The summed E-state index contributed by atoms with van der Waals surface area (Å²) in [6.45, 7) is 8.05. The average molecular weight is 464 g/mol. The van der Waals surface area contributed by atoms with E-state index in [-0.39, 0.29) is 11.3 Å². The van der Waals surface area contributed by atoms with Crippen molar-refractivity contribution >= 4 is 29.0 Å². The Morgan fingerprint density at radius 1 is 1.12 bits per heavy atom. The number of aryl methyl sites for hydroxylation is 1. The summed E-state index contributed by atoms with van der Waals surface area (Å²) in [6, 6.07) is 6.89. The SMILES string of the molecule is COC(=O)/C=C/c1ccc(OC(=O)c2cc(C3CC3)nc3c2c(C)nn3C(C)(C)C)c(OC)c1. The maximum atomic E-state index is 13.4. The molecular weight excluding hydrogens is 434 g/mol. The van der Waals surface area contributed by atoms with Crippen molar-refractivity contribution in [3.05, 3.63) is 52.9 Å². The minimum Gasteiger partial charge on any atom is -0.493 e. The van der Waals surface area contributed by atoms with E-state index in [1.807, 2.05) is 17.7 Å². The van der Waals surface area contributed by atoms with Crippen LogP contribution in [0, 0.1) is 6.92 Å². The largest absolute Gasteiger partial charge is 0.493 e. The van der Waals surface area contributed by atoms with Crippen LogP contribution in [0.15, 0.2) is 30.3 Å². The van der Waals surface area contributed by atoms with Gasteiger partial charge < -0.3 is 14.2 Å². The van der Waals surface area contributed by atoms with Gasteiger partial charge in [-0.05, 0) is 70.4 Å². The molecule has 3 aromatic rings. The van der Waals surface area contributed by atoms with Gasteiger partial charge >= 0.3 is 11.9 Å². The molecule has 1 aliphatic carbocycles. The third kappa shape index (κ3) is 4.66. The minimum absolute atomic E-state index is 0.279. The molecule has 0 saturated heterocycles. The summed E-state index contributed by atoms with van der Waals surface area (Å²) in [5.41, 5.74) is 3.15. The Morgan fingerprint density at radius 3 is 2.47 bits per heavy atom. The average Bonchev–Trinajstić information content (AvgIpc) is 3.60. The monoisotopic (exact) mass is 463 g/mol. The number of carbonyl (C=O) groups is 2. The van der Waals surface area contributed by atoms with Crippen molar-refractivity contribution in [1.29, 1.82) is 0 Å². The second kappa shape index (κ2) is 8.93. The normalized spacial score (nSPS) is 13.9. The summed E-state index contributed by atoms with van der Waals surface area (Å²) in [6.07, 6.45) is 5.02. The van der Waals surface area contributed by atoms with Gasteiger partial charge in [0.2, 0.25) is 0 Å². The third-order valence-electron chi connectivity index (χ3n) is 5.69. The maximum absolute atomic E-state index is 13.4. The summed E-state index contributed by atoms with van der Waals surface area (Å²) in [5, 5.41) is 5.39. The lowest BCUT2D eigenvalue weighted by Gasteiger charge is -2.20. The second-order valence-electron chi connectivity index (χ2n) is 9.39. The molecule has 178 valence electrons. The van der Waals surface area contributed by atoms with Crippen LogP contribution in [0.4, 0.5) is 0 Å². The van der Waals surface area contributed by atoms with Gasteiger partial charge in [0.1, 0.15) is 0 Å². The molecule has 8 nitrogen and oxygen atoms in total. The van der Waals surface area contributed by atoms with Crippen LogP contribution in [0.5, 0.6) is 11.5 Å². The lowest BCUT2D eigenvalue weighted by Crippen LogP contribution is -2.23. The molecule has 0 aliphatic heterocycles. The van der Waals surface area contributed by atoms with Crippen LogP contribution in [0.1, 0.15) is 66.8 Å². The minimum atomic E-state index is -0.498. The molecule has 0 amide bonds. The number of ether oxygens (including phenoxy) is 3. The number of aromatic nitrogens is 3. The summed E-state index contributed by atoms with van der Waals surface area (Å²) in [5.74, 6) is 0.0440. The standard InChI is InChI=1S/C26H29N3O5/c1-15-23-18(14-19(17-9-10-17)27-24(23)29(28-15)26(2,3)4)25(31)34-20-11-7-16(13-21(20)32-5)8-12-22(30)33-6/h7-8,11-14,17H,9-10H2,1-6H3/b12-8+.